The smallest absolute Gasteiger partial charge is 0.274 e. The molecule has 3 fully saturated rings. The molecule has 2 aliphatic carbocycles. The van der Waals surface area contributed by atoms with Crippen LogP contribution in [0, 0.1) is 5.92 Å². The van der Waals surface area contributed by atoms with Crippen molar-refractivity contribution in [2.24, 2.45) is 5.92 Å². The third-order valence-electron chi connectivity index (χ3n) is 5.34. The molecule has 1 aliphatic heterocycles. The molecule has 4 heteroatoms. The predicted molar refractivity (Wildman–Crippen MR) is 76.6 cm³/mol. The van der Waals surface area contributed by atoms with Crippen molar-refractivity contribution in [1.82, 2.24) is 15.1 Å². The van der Waals surface area contributed by atoms with E-state index in [1.165, 1.54) is 44.9 Å². The lowest BCUT2D eigenvalue weighted by atomic mass is 9.78. The van der Waals surface area contributed by atoms with Gasteiger partial charge in [-0.1, -0.05) is 12.8 Å². The first-order chi connectivity index (χ1) is 9.83. The molecule has 0 bridgehead atoms. The Morgan fingerprint density at radius 1 is 1.15 bits per heavy atom. The summed E-state index contributed by atoms with van der Waals surface area (Å²) in [4.78, 5) is 14.9. The zero-order chi connectivity index (χ0) is 13.5. The van der Waals surface area contributed by atoms with Gasteiger partial charge < -0.3 is 4.90 Å². The van der Waals surface area contributed by atoms with Gasteiger partial charge in [-0.05, 0) is 50.5 Å². The van der Waals surface area contributed by atoms with Crippen LogP contribution >= 0.6 is 0 Å². The number of likely N-dealkylation sites (tertiary alicyclic amines) is 1. The summed E-state index contributed by atoms with van der Waals surface area (Å²) in [5.41, 5.74) is 1.80. The Bertz CT molecular complexity index is 504. The number of hydrogen-bond acceptors (Lipinski definition) is 2. The standard InChI is InChI=1S/C16H23N3O/c20-16(14-10-13(17-18-14)11-7-8-11)19-9-3-5-12-4-1-2-6-15(12)19/h10-12,15H,1-9H2,(H,17,18)/t12-,15+/m0/s1. The van der Waals surface area contributed by atoms with E-state index in [2.05, 4.69) is 15.1 Å². The van der Waals surface area contributed by atoms with Gasteiger partial charge in [0, 0.05) is 24.2 Å². The van der Waals surface area contributed by atoms with Crippen molar-refractivity contribution in [3.63, 3.8) is 0 Å². The number of fused-ring (bicyclic) bond motifs is 1. The number of carbonyl (C=O) groups is 1. The van der Waals surface area contributed by atoms with E-state index in [9.17, 15) is 4.79 Å². The highest BCUT2D eigenvalue weighted by Crippen LogP contribution is 2.39. The monoisotopic (exact) mass is 273 g/mol. The molecular weight excluding hydrogens is 250 g/mol. The number of nitrogens with one attached hydrogen (secondary N) is 1. The first-order valence-electron chi connectivity index (χ1n) is 8.19. The second-order valence-corrected chi connectivity index (χ2v) is 6.74. The fourth-order valence-electron chi connectivity index (χ4n) is 4.07. The number of hydrogen-bond donors (Lipinski definition) is 1. The summed E-state index contributed by atoms with van der Waals surface area (Å²) in [6.07, 6.45) is 10.1. The van der Waals surface area contributed by atoms with Crippen molar-refractivity contribution in [1.29, 1.82) is 0 Å². The minimum atomic E-state index is 0.157. The SMILES string of the molecule is O=C(c1cc(C2CC2)[nH]n1)N1CCC[C@@H]2CCCC[C@H]21. The number of aromatic amines is 1. The number of aromatic nitrogens is 2. The first-order valence-corrected chi connectivity index (χ1v) is 8.19. The third kappa shape index (κ3) is 2.15. The molecule has 1 aromatic rings. The van der Waals surface area contributed by atoms with E-state index in [4.69, 9.17) is 0 Å². The average Bonchev–Trinajstić information content (AvgIpc) is 3.23. The molecule has 0 spiro atoms. The Morgan fingerprint density at radius 2 is 1.95 bits per heavy atom. The summed E-state index contributed by atoms with van der Waals surface area (Å²) >= 11 is 0. The van der Waals surface area contributed by atoms with Gasteiger partial charge in [0.25, 0.3) is 5.91 Å². The number of rotatable bonds is 2. The normalized spacial score (nSPS) is 30.1. The van der Waals surface area contributed by atoms with Crippen molar-refractivity contribution >= 4 is 5.91 Å². The second-order valence-electron chi connectivity index (χ2n) is 6.74. The van der Waals surface area contributed by atoms with Crippen LogP contribution in [0.25, 0.3) is 0 Å². The first kappa shape index (κ1) is 12.4. The van der Waals surface area contributed by atoms with Crippen LogP contribution in [0.4, 0.5) is 0 Å². The number of piperidine rings is 1. The van der Waals surface area contributed by atoms with Crippen molar-refractivity contribution in [2.45, 2.75) is 63.3 Å². The van der Waals surface area contributed by atoms with Crippen LogP contribution in [0.3, 0.4) is 0 Å². The number of amides is 1. The zero-order valence-corrected chi connectivity index (χ0v) is 12.0. The molecule has 0 aromatic carbocycles. The van der Waals surface area contributed by atoms with Gasteiger partial charge in [0.15, 0.2) is 0 Å². The number of nitrogens with zero attached hydrogens (tertiary/aromatic N) is 2. The topological polar surface area (TPSA) is 49.0 Å². The maximum atomic E-state index is 12.8. The lowest BCUT2D eigenvalue weighted by Gasteiger charge is -2.43. The predicted octanol–water partition coefficient (Wildman–Crippen LogP) is 3.08. The van der Waals surface area contributed by atoms with E-state index in [-0.39, 0.29) is 5.91 Å². The molecule has 1 N–H and O–H groups in total. The van der Waals surface area contributed by atoms with Crippen molar-refractivity contribution in [2.75, 3.05) is 6.54 Å². The minimum Gasteiger partial charge on any atom is -0.334 e. The minimum absolute atomic E-state index is 0.157. The molecule has 0 unspecified atom stereocenters. The third-order valence-corrected chi connectivity index (χ3v) is 5.34. The van der Waals surface area contributed by atoms with Gasteiger partial charge in [-0.3, -0.25) is 9.89 Å². The molecule has 20 heavy (non-hydrogen) atoms. The molecule has 3 aliphatic rings. The highest BCUT2D eigenvalue weighted by molar-refractivity contribution is 5.92. The van der Waals surface area contributed by atoms with Crippen LogP contribution in [0.2, 0.25) is 0 Å². The fourth-order valence-corrected chi connectivity index (χ4v) is 4.07. The molecule has 2 atom stereocenters. The van der Waals surface area contributed by atoms with E-state index < -0.39 is 0 Å². The van der Waals surface area contributed by atoms with Crippen LogP contribution < -0.4 is 0 Å². The summed E-state index contributed by atoms with van der Waals surface area (Å²) < 4.78 is 0. The van der Waals surface area contributed by atoms with E-state index >= 15 is 0 Å². The Hall–Kier alpha value is -1.32. The van der Waals surface area contributed by atoms with E-state index in [0.29, 0.717) is 17.7 Å². The van der Waals surface area contributed by atoms with Crippen LogP contribution in [0.5, 0.6) is 0 Å². The largest absolute Gasteiger partial charge is 0.334 e. The highest BCUT2D eigenvalue weighted by atomic mass is 16.2. The summed E-state index contributed by atoms with van der Waals surface area (Å²) in [5, 5.41) is 7.34. The molecule has 1 aromatic heterocycles. The van der Waals surface area contributed by atoms with Crippen LogP contribution in [-0.2, 0) is 0 Å². The molecule has 2 saturated carbocycles. The van der Waals surface area contributed by atoms with Crippen LogP contribution in [0.1, 0.15) is 73.5 Å². The Balaban J connectivity index is 1.53. The quantitative estimate of drug-likeness (QED) is 0.900. The zero-order valence-electron chi connectivity index (χ0n) is 12.0. The maximum Gasteiger partial charge on any atom is 0.274 e. The lowest BCUT2D eigenvalue weighted by molar-refractivity contribution is 0.0385. The molecule has 2 heterocycles. The number of H-pyrrole nitrogens is 1. The van der Waals surface area contributed by atoms with Gasteiger partial charge in [0.2, 0.25) is 0 Å². The van der Waals surface area contributed by atoms with Crippen LogP contribution in [0.15, 0.2) is 6.07 Å². The molecule has 4 nitrogen and oxygen atoms in total. The molecule has 1 saturated heterocycles. The van der Waals surface area contributed by atoms with E-state index in [1.807, 2.05) is 6.07 Å². The van der Waals surface area contributed by atoms with Gasteiger partial charge in [-0.25, -0.2) is 0 Å². The van der Waals surface area contributed by atoms with E-state index in [1.54, 1.807) is 0 Å². The molecule has 4 rings (SSSR count). The Labute approximate surface area is 119 Å². The lowest BCUT2D eigenvalue weighted by Crippen LogP contribution is -2.49. The van der Waals surface area contributed by atoms with Crippen molar-refractivity contribution in [3.05, 3.63) is 17.5 Å². The summed E-state index contributed by atoms with van der Waals surface area (Å²) in [6, 6.07) is 2.47. The molecule has 1 amide bonds. The van der Waals surface area contributed by atoms with Gasteiger partial charge in [-0.2, -0.15) is 5.10 Å². The molecule has 108 valence electrons. The maximum absolute atomic E-state index is 12.8. The summed E-state index contributed by atoms with van der Waals surface area (Å²) in [5.74, 6) is 1.53. The van der Waals surface area contributed by atoms with Gasteiger partial charge >= 0.3 is 0 Å². The molecule has 0 radical (unpaired) electrons. The molecular formula is C16H23N3O. The van der Waals surface area contributed by atoms with Gasteiger partial charge in [-0.15, -0.1) is 0 Å². The second kappa shape index (κ2) is 4.90. The van der Waals surface area contributed by atoms with Crippen molar-refractivity contribution < 1.29 is 4.79 Å². The fraction of sp³-hybridized carbons (Fsp3) is 0.750. The van der Waals surface area contributed by atoms with Gasteiger partial charge in [0.05, 0.1) is 0 Å². The summed E-state index contributed by atoms with van der Waals surface area (Å²) in [7, 11) is 0. The summed E-state index contributed by atoms with van der Waals surface area (Å²) in [6.45, 7) is 0.922. The van der Waals surface area contributed by atoms with E-state index in [0.717, 1.165) is 24.6 Å². The Kier molecular flexibility index (Phi) is 3.04. The highest BCUT2D eigenvalue weighted by Gasteiger charge is 2.37. The number of carbonyl (C=O) groups excluding carboxylic acids is 1. The van der Waals surface area contributed by atoms with Gasteiger partial charge in [0.1, 0.15) is 5.69 Å². The Morgan fingerprint density at radius 3 is 2.80 bits per heavy atom. The van der Waals surface area contributed by atoms with Crippen molar-refractivity contribution in [3.8, 4) is 0 Å². The van der Waals surface area contributed by atoms with Crippen LogP contribution in [-0.4, -0.2) is 33.6 Å². The average molecular weight is 273 g/mol.